The Bertz CT molecular complexity index is 1200. The summed E-state index contributed by atoms with van der Waals surface area (Å²) in [6.07, 6.45) is 0. The Labute approximate surface area is 189 Å². The van der Waals surface area contributed by atoms with Gasteiger partial charge in [-0.1, -0.05) is 46.3 Å². The van der Waals surface area contributed by atoms with Gasteiger partial charge in [0.15, 0.2) is 0 Å². The summed E-state index contributed by atoms with van der Waals surface area (Å²) in [5.74, 6) is -0.599. The molecule has 160 valence electrons. The maximum atomic E-state index is 13.2. The van der Waals surface area contributed by atoms with Gasteiger partial charge in [-0.2, -0.15) is 5.10 Å². The van der Waals surface area contributed by atoms with Crippen molar-refractivity contribution in [3.05, 3.63) is 88.9 Å². The van der Waals surface area contributed by atoms with E-state index in [0.29, 0.717) is 17.0 Å². The number of hydrogen-bond acceptors (Lipinski definition) is 5. The highest BCUT2D eigenvalue weighted by Crippen LogP contribution is 2.25. The van der Waals surface area contributed by atoms with Crippen LogP contribution in [0.5, 0.6) is 5.75 Å². The highest BCUT2D eigenvalue weighted by atomic mass is 79.9. The third-order valence-electron chi connectivity index (χ3n) is 4.38. The zero-order chi connectivity index (χ0) is 22.4. The zero-order valence-electron chi connectivity index (χ0n) is 16.6. The number of phenolic OH excluding ortho intramolecular Hbond substituents is 1. The molecule has 2 N–H and O–H groups in total. The molecule has 0 bridgehead atoms. The van der Waals surface area contributed by atoms with Crippen molar-refractivity contribution >= 4 is 43.3 Å². The van der Waals surface area contributed by atoms with Crippen molar-refractivity contribution in [3.63, 3.8) is 0 Å². The molecule has 3 aromatic carbocycles. The second kappa shape index (κ2) is 9.76. The van der Waals surface area contributed by atoms with Crippen LogP contribution in [0, 0.1) is 0 Å². The van der Waals surface area contributed by atoms with Crippen molar-refractivity contribution in [3.8, 4) is 5.75 Å². The van der Waals surface area contributed by atoms with E-state index in [9.17, 15) is 18.3 Å². The second-order valence-electron chi connectivity index (χ2n) is 6.55. The number of nitrogens with one attached hydrogen (secondary N) is 1. The van der Waals surface area contributed by atoms with Gasteiger partial charge in [-0.05, 0) is 55.5 Å². The van der Waals surface area contributed by atoms with Gasteiger partial charge in [0.05, 0.1) is 16.3 Å². The molecule has 0 atom stereocenters. The maximum Gasteiger partial charge on any atom is 0.264 e. The molecule has 31 heavy (non-hydrogen) atoms. The number of rotatable bonds is 7. The predicted molar refractivity (Wildman–Crippen MR) is 124 cm³/mol. The van der Waals surface area contributed by atoms with Crippen LogP contribution in [-0.2, 0) is 14.8 Å². The number of halogens is 1. The number of hydrazone groups is 1. The third kappa shape index (κ3) is 5.50. The van der Waals surface area contributed by atoms with E-state index in [1.165, 1.54) is 18.2 Å². The monoisotopic (exact) mass is 501 g/mol. The first-order chi connectivity index (χ1) is 14.8. The summed E-state index contributed by atoms with van der Waals surface area (Å²) in [6.45, 7) is 1.15. The predicted octanol–water partition coefficient (Wildman–Crippen LogP) is 3.89. The second-order valence-corrected chi connectivity index (χ2v) is 9.33. The zero-order valence-corrected chi connectivity index (χ0v) is 19.0. The molecule has 0 aliphatic heterocycles. The van der Waals surface area contributed by atoms with Gasteiger partial charge in [-0.3, -0.25) is 9.10 Å². The lowest BCUT2D eigenvalue weighted by Gasteiger charge is -2.23. The number of hydrogen-bond donors (Lipinski definition) is 2. The fourth-order valence-electron chi connectivity index (χ4n) is 2.79. The van der Waals surface area contributed by atoms with Crippen molar-refractivity contribution in [1.29, 1.82) is 0 Å². The molecule has 0 unspecified atom stereocenters. The van der Waals surface area contributed by atoms with Crippen LogP contribution in [0.3, 0.4) is 0 Å². The number of nitrogens with zero attached hydrogens (tertiary/aromatic N) is 2. The van der Waals surface area contributed by atoms with Gasteiger partial charge in [-0.15, -0.1) is 0 Å². The fourth-order valence-corrected chi connectivity index (χ4v) is 4.50. The van der Waals surface area contributed by atoms with Crippen LogP contribution in [0.25, 0.3) is 0 Å². The average Bonchev–Trinajstić information content (AvgIpc) is 2.77. The molecule has 1 amide bonds. The van der Waals surface area contributed by atoms with Crippen LogP contribution in [0.1, 0.15) is 12.5 Å². The molecule has 0 spiro atoms. The van der Waals surface area contributed by atoms with Gasteiger partial charge >= 0.3 is 0 Å². The Morgan fingerprint density at radius 3 is 2.26 bits per heavy atom. The van der Waals surface area contributed by atoms with Gasteiger partial charge in [0, 0.05) is 10.0 Å². The Morgan fingerprint density at radius 2 is 1.61 bits per heavy atom. The normalized spacial score (nSPS) is 11.7. The molecule has 0 aliphatic carbocycles. The van der Waals surface area contributed by atoms with Gasteiger partial charge < -0.3 is 5.11 Å². The number of amides is 1. The van der Waals surface area contributed by atoms with Crippen molar-refractivity contribution in [2.24, 2.45) is 5.10 Å². The van der Waals surface area contributed by atoms with E-state index < -0.39 is 22.5 Å². The number of benzene rings is 3. The molecule has 3 aromatic rings. The fraction of sp³-hybridized carbons (Fsp3) is 0.0909. The SMILES string of the molecule is CC(=NNC(=O)CN(c1ccc(Br)cc1)S(=O)(=O)c1ccccc1)c1ccccc1O. The minimum atomic E-state index is -3.99. The van der Waals surface area contributed by atoms with E-state index in [1.54, 1.807) is 67.6 Å². The van der Waals surface area contributed by atoms with E-state index in [0.717, 1.165) is 8.78 Å². The summed E-state index contributed by atoms with van der Waals surface area (Å²) in [5, 5.41) is 13.9. The number of anilines is 1. The van der Waals surface area contributed by atoms with E-state index in [-0.39, 0.29) is 10.6 Å². The first-order valence-electron chi connectivity index (χ1n) is 9.24. The first kappa shape index (κ1) is 22.5. The average molecular weight is 502 g/mol. The molecule has 0 radical (unpaired) electrons. The van der Waals surface area contributed by atoms with Crippen molar-refractivity contribution < 1.29 is 18.3 Å². The molecular formula is C22H20BrN3O4S. The summed E-state index contributed by atoms with van der Waals surface area (Å²) in [7, 11) is -3.99. The Kier molecular flexibility index (Phi) is 7.09. The minimum absolute atomic E-state index is 0.0288. The molecule has 7 nitrogen and oxygen atoms in total. The highest BCUT2D eigenvalue weighted by molar-refractivity contribution is 9.10. The van der Waals surface area contributed by atoms with Crippen molar-refractivity contribution in [1.82, 2.24) is 5.43 Å². The van der Waals surface area contributed by atoms with Gasteiger partial charge in [-0.25, -0.2) is 13.8 Å². The Morgan fingerprint density at radius 1 is 1.00 bits per heavy atom. The lowest BCUT2D eigenvalue weighted by atomic mass is 10.1. The minimum Gasteiger partial charge on any atom is -0.507 e. The van der Waals surface area contributed by atoms with Gasteiger partial charge in [0.25, 0.3) is 15.9 Å². The number of phenols is 1. The van der Waals surface area contributed by atoms with Crippen LogP contribution < -0.4 is 9.73 Å². The molecule has 0 aromatic heterocycles. The summed E-state index contributed by atoms with van der Waals surface area (Å²) in [6, 6.07) is 21.1. The Hall–Kier alpha value is -3.17. The molecular weight excluding hydrogens is 482 g/mol. The molecule has 0 aliphatic rings. The van der Waals surface area contributed by atoms with E-state index in [4.69, 9.17) is 0 Å². The third-order valence-corrected chi connectivity index (χ3v) is 6.69. The smallest absolute Gasteiger partial charge is 0.264 e. The van der Waals surface area contributed by atoms with E-state index in [1.807, 2.05) is 0 Å². The van der Waals surface area contributed by atoms with Crippen LogP contribution in [0.4, 0.5) is 5.69 Å². The standard InChI is InChI=1S/C22H20BrN3O4S/c1-16(20-9-5-6-10-21(20)27)24-25-22(28)15-26(18-13-11-17(23)12-14-18)31(29,30)19-7-3-2-4-8-19/h2-14,27H,15H2,1H3,(H,25,28). The summed E-state index contributed by atoms with van der Waals surface area (Å²) >= 11 is 3.32. The first-order valence-corrected chi connectivity index (χ1v) is 11.5. The summed E-state index contributed by atoms with van der Waals surface area (Å²) < 4.78 is 28.2. The van der Waals surface area contributed by atoms with Crippen LogP contribution in [-0.4, -0.2) is 31.7 Å². The van der Waals surface area contributed by atoms with E-state index >= 15 is 0 Å². The molecule has 0 saturated heterocycles. The van der Waals surface area contributed by atoms with Gasteiger partial charge in [0.1, 0.15) is 12.3 Å². The molecule has 0 fully saturated rings. The lowest BCUT2D eigenvalue weighted by molar-refractivity contribution is -0.119. The van der Waals surface area contributed by atoms with Crippen LogP contribution in [0.2, 0.25) is 0 Å². The Balaban J connectivity index is 1.87. The number of aromatic hydroxyl groups is 1. The molecule has 3 rings (SSSR count). The van der Waals surface area contributed by atoms with Crippen molar-refractivity contribution in [2.45, 2.75) is 11.8 Å². The quantitative estimate of drug-likeness (QED) is 0.378. The molecule has 0 heterocycles. The maximum absolute atomic E-state index is 13.2. The van der Waals surface area contributed by atoms with Crippen molar-refractivity contribution in [2.75, 3.05) is 10.8 Å². The number of para-hydroxylation sites is 1. The summed E-state index contributed by atoms with van der Waals surface area (Å²) in [5.41, 5.74) is 3.55. The van der Waals surface area contributed by atoms with Crippen LogP contribution >= 0.6 is 15.9 Å². The van der Waals surface area contributed by atoms with Gasteiger partial charge in [0.2, 0.25) is 0 Å². The lowest BCUT2D eigenvalue weighted by Crippen LogP contribution is -2.39. The molecule has 9 heteroatoms. The van der Waals surface area contributed by atoms with E-state index in [2.05, 4.69) is 26.5 Å². The number of sulfonamides is 1. The number of carbonyl (C=O) groups excluding carboxylic acids is 1. The largest absolute Gasteiger partial charge is 0.507 e. The molecule has 0 saturated carbocycles. The summed E-state index contributed by atoms with van der Waals surface area (Å²) in [4.78, 5) is 12.7. The van der Waals surface area contributed by atoms with Crippen LogP contribution in [0.15, 0.2) is 93.3 Å². The topological polar surface area (TPSA) is 99.1 Å². The number of carbonyl (C=O) groups is 1. The highest BCUT2D eigenvalue weighted by Gasteiger charge is 2.27.